The molecule has 1 aromatic heterocycles. The summed E-state index contributed by atoms with van der Waals surface area (Å²) in [4.78, 5) is 57.4. The molecule has 0 spiro atoms. The molecule has 9 nitrogen and oxygen atoms in total. The summed E-state index contributed by atoms with van der Waals surface area (Å²) >= 11 is 5.81. The summed E-state index contributed by atoms with van der Waals surface area (Å²) in [6.07, 6.45) is 0.895. The Morgan fingerprint density at radius 3 is 2.39 bits per heavy atom. The zero-order valence-electron chi connectivity index (χ0n) is 20.9. The van der Waals surface area contributed by atoms with E-state index in [1.165, 1.54) is 21.9 Å². The van der Waals surface area contributed by atoms with Gasteiger partial charge in [-0.2, -0.15) is 0 Å². The standard InChI is InChI=1S/C26H31ClN4O5/c1-15(2)13-18(28-24(33)16-5-7-17(8-6-16)29(3)4)25(34)30-12-11-19-23(30)20(32)14-31(19)26(35)21-9-10-22(27)36-21/h5-10,15,18-19,23H,11-14H2,1-4H3,(H,28,33)/t18-,19+,23-/m0/s1. The van der Waals surface area contributed by atoms with Gasteiger partial charge >= 0.3 is 0 Å². The number of benzene rings is 1. The van der Waals surface area contributed by atoms with Gasteiger partial charge in [-0.3, -0.25) is 19.2 Å². The summed E-state index contributed by atoms with van der Waals surface area (Å²) in [5.74, 6) is -1.09. The molecule has 0 radical (unpaired) electrons. The molecule has 10 heteroatoms. The highest BCUT2D eigenvalue weighted by molar-refractivity contribution is 6.29. The zero-order valence-corrected chi connectivity index (χ0v) is 21.6. The van der Waals surface area contributed by atoms with Crippen LogP contribution in [0.15, 0.2) is 40.8 Å². The molecule has 0 bridgehead atoms. The Kier molecular flexibility index (Phi) is 7.40. The number of hydrogen-bond donors (Lipinski definition) is 1. The van der Waals surface area contributed by atoms with Gasteiger partial charge in [0.15, 0.2) is 16.8 Å². The lowest BCUT2D eigenvalue weighted by Crippen LogP contribution is -2.53. The van der Waals surface area contributed by atoms with E-state index in [-0.39, 0.29) is 41.0 Å². The van der Waals surface area contributed by atoms with E-state index in [0.717, 1.165) is 5.69 Å². The topological polar surface area (TPSA) is 103 Å². The summed E-state index contributed by atoms with van der Waals surface area (Å²) in [5, 5.41) is 2.97. The first-order valence-electron chi connectivity index (χ1n) is 12.0. The smallest absolute Gasteiger partial charge is 0.290 e. The number of likely N-dealkylation sites (tertiary alicyclic amines) is 2. The fourth-order valence-electron chi connectivity index (χ4n) is 4.96. The number of amides is 3. The lowest BCUT2D eigenvalue weighted by molar-refractivity contribution is -0.138. The first-order chi connectivity index (χ1) is 17.1. The maximum Gasteiger partial charge on any atom is 0.290 e. The Balaban J connectivity index is 1.49. The Morgan fingerprint density at radius 1 is 1.11 bits per heavy atom. The molecule has 2 fully saturated rings. The van der Waals surface area contributed by atoms with Crippen molar-refractivity contribution in [2.75, 3.05) is 32.1 Å². The molecule has 0 aliphatic carbocycles. The highest BCUT2D eigenvalue weighted by Crippen LogP contribution is 2.32. The average molecular weight is 515 g/mol. The van der Waals surface area contributed by atoms with Gasteiger partial charge in [0.25, 0.3) is 11.8 Å². The zero-order chi connectivity index (χ0) is 26.1. The van der Waals surface area contributed by atoms with Crippen molar-refractivity contribution in [2.24, 2.45) is 5.92 Å². The second kappa shape index (κ2) is 10.3. The van der Waals surface area contributed by atoms with Crippen LogP contribution in [0.5, 0.6) is 0 Å². The van der Waals surface area contributed by atoms with Gasteiger partial charge in [0.1, 0.15) is 12.1 Å². The second-order valence-corrected chi connectivity index (χ2v) is 10.3. The molecule has 0 saturated carbocycles. The van der Waals surface area contributed by atoms with Gasteiger partial charge in [0.05, 0.1) is 12.6 Å². The largest absolute Gasteiger partial charge is 0.440 e. The predicted molar refractivity (Wildman–Crippen MR) is 135 cm³/mol. The Bertz CT molecular complexity index is 1160. The van der Waals surface area contributed by atoms with Gasteiger partial charge in [0.2, 0.25) is 5.91 Å². The fourth-order valence-corrected chi connectivity index (χ4v) is 5.10. The molecule has 2 saturated heterocycles. The summed E-state index contributed by atoms with van der Waals surface area (Å²) in [6, 6.07) is 8.11. The van der Waals surface area contributed by atoms with Crippen molar-refractivity contribution >= 4 is 40.8 Å². The van der Waals surface area contributed by atoms with Gasteiger partial charge in [0, 0.05) is 31.9 Å². The summed E-state index contributed by atoms with van der Waals surface area (Å²) in [7, 11) is 3.83. The number of furan rings is 1. The number of nitrogens with zero attached hydrogens (tertiary/aromatic N) is 3. The molecule has 1 aromatic carbocycles. The molecular formula is C26H31ClN4O5. The molecule has 3 heterocycles. The lowest BCUT2D eigenvalue weighted by Gasteiger charge is -2.29. The molecule has 2 aliphatic heterocycles. The van der Waals surface area contributed by atoms with Gasteiger partial charge in [-0.05, 0) is 66.8 Å². The van der Waals surface area contributed by atoms with E-state index in [9.17, 15) is 19.2 Å². The number of halogens is 1. The molecular weight excluding hydrogens is 484 g/mol. The first-order valence-corrected chi connectivity index (χ1v) is 12.4. The van der Waals surface area contributed by atoms with Crippen LogP contribution in [0.3, 0.4) is 0 Å². The number of nitrogens with one attached hydrogen (secondary N) is 1. The van der Waals surface area contributed by atoms with E-state index >= 15 is 0 Å². The van der Waals surface area contributed by atoms with Crippen molar-refractivity contribution in [3.8, 4) is 0 Å². The van der Waals surface area contributed by atoms with E-state index in [4.69, 9.17) is 16.0 Å². The maximum atomic E-state index is 13.6. The summed E-state index contributed by atoms with van der Waals surface area (Å²) in [6.45, 7) is 4.17. The van der Waals surface area contributed by atoms with Crippen LogP contribution in [-0.2, 0) is 9.59 Å². The lowest BCUT2D eigenvalue weighted by atomic mass is 10.0. The van der Waals surface area contributed by atoms with Crippen molar-refractivity contribution in [1.29, 1.82) is 0 Å². The number of carbonyl (C=O) groups excluding carboxylic acids is 4. The summed E-state index contributed by atoms with van der Waals surface area (Å²) in [5.41, 5.74) is 1.41. The minimum atomic E-state index is -0.786. The van der Waals surface area contributed by atoms with E-state index in [0.29, 0.717) is 24.9 Å². The monoisotopic (exact) mass is 514 g/mol. The van der Waals surface area contributed by atoms with Crippen molar-refractivity contribution in [3.63, 3.8) is 0 Å². The third-order valence-electron chi connectivity index (χ3n) is 6.71. The van der Waals surface area contributed by atoms with Crippen LogP contribution in [0.1, 0.15) is 47.6 Å². The molecule has 3 amide bonds. The molecule has 192 valence electrons. The Hall–Kier alpha value is -3.33. The van der Waals surface area contributed by atoms with Crippen LogP contribution in [0.4, 0.5) is 5.69 Å². The SMILES string of the molecule is CC(C)C[C@H](NC(=O)c1ccc(N(C)C)cc1)C(=O)N1CC[C@@H]2[C@H]1C(=O)CN2C(=O)c1ccc(Cl)o1. The van der Waals surface area contributed by atoms with E-state index < -0.39 is 24.0 Å². The number of Topliss-reactive ketones (excluding diaryl/α,β-unsaturated/α-hetero) is 1. The van der Waals surface area contributed by atoms with Crippen molar-refractivity contribution in [3.05, 3.63) is 52.9 Å². The van der Waals surface area contributed by atoms with E-state index in [2.05, 4.69) is 5.32 Å². The van der Waals surface area contributed by atoms with Crippen molar-refractivity contribution < 1.29 is 23.6 Å². The number of hydrogen-bond acceptors (Lipinski definition) is 6. The third-order valence-corrected chi connectivity index (χ3v) is 6.91. The van der Waals surface area contributed by atoms with Crippen LogP contribution in [0.25, 0.3) is 0 Å². The van der Waals surface area contributed by atoms with Gasteiger partial charge in [-0.1, -0.05) is 13.8 Å². The minimum Gasteiger partial charge on any atom is -0.440 e. The van der Waals surface area contributed by atoms with Gasteiger partial charge in [-0.15, -0.1) is 0 Å². The minimum absolute atomic E-state index is 0.0588. The van der Waals surface area contributed by atoms with Crippen molar-refractivity contribution in [2.45, 2.75) is 44.8 Å². The molecule has 3 atom stereocenters. The Labute approximate surface area is 215 Å². The highest BCUT2D eigenvalue weighted by Gasteiger charge is 2.52. The average Bonchev–Trinajstić information content (AvgIpc) is 3.54. The predicted octanol–water partition coefficient (Wildman–Crippen LogP) is 2.84. The van der Waals surface area contributed by atoms with E-state index in [1.54, 1.807) is 12.1 Å². The van der Waals surface area contributed by atoms with Gasteiger partial charge < -0.3 is 24.4 Å². The number of ketones is 1. The quantitative estimate of drug-likeness (QED) is 0.609. The fraction of sp³-hybridized carbons (Fsp3) is 0.462. The van der Waals surface area contributed by atoms with Crippen molar-refractivity contribution in [1.82, 2.24) is 15.1 Å². The number of anilines is 1. The number of carbonyl (C=O) groups is 4. The molecule has 4 rings (SSSR count). The molecule has 2 aliphatic rings. The first kappa shape index (κ1) is 25.8. The maximum absolute atomic E-state index is 13.6. The van der Waals surface area contributed by atoms with Gasteiger partial charge in [-0.25, -0.2) is 0 Å². The number of rotatable bonds is 7. The highest BCUT2D eigenvalue weighted by atomic mass is 35.5. The summed E-state index contributed by atoms with van der Waals surface area (Å²) < 4.78 is 5.24. The number of fused-ring (bicyclic) bond motifs is 1. The van der Waals surface area contributed by atoms with E-state index in [1.807, 2.05) is 45.0 Å². The molecule has 0 unspecified atom stereocenters. The Morgan fingerprint density at radius 2 is 1.81 bits per heavy atom. The normalized spacial score (nSPS) is 20.0. The van der Waals surface area contributed by atoms with Crippen LogP contribution < -0.4 is 10.2 Å². The molecule has 1 N–H and O–H groups in total. The van der Waals surface area contributed by atoms with Crippen LogP contribution in [-0.4, -0.2) is 78.6 Å². The second-order valence-electron chi connectivity index (χ2n) is 9.93. The van der Waals surface area contributed by atoms with Crippen LogP contribution >= 0.6 is 11.6 Å². The molecule has 2 aromatic rings. The third kappa shape index (κ3) is 5.11. The van der Waals surface area contributed by atoms with Crippen LogP contribution in [0, 0.1) is 5.92 Å². The molecule has 36 heavy (non-hydrogen) atoms. The van der Waals surface area contributed by atoms with Crippen LogP contribution in [0.2, 0.25) is 5.22 Å².